The van der Waals surface area contributed by atoms with Crippen molar-refractivity contribution in [2.45, 2.75) is 50.1 Å². The lowest BCUT2D eigenvalue weighted by atomic mass is 9.39. The molecule has 4 nitrogen and oxygen atoms in total. The molecule has 3 fully saturated rings. The molecule has 0 amide bonds. The molecule has 0 saturated heterocycles. The summed E-state index contributed by atoms with van der Waals surface area (Å²) in [5, 5.41) is 4.37. The van der Waals surface area contributed by atoms with E-state index in [2.05, 4.69) is 5.10 Å². The molecule has 1 atom stereocenters. The first-order valence-electron chi connectivity index (χ1n) is 8.29. The molecule has 2 bridgehead atoms. The first-order valence-corrected chi connectivity index (χ1v) is 8.29. The fourth-order valence-electron chi connectivity index (χ4n) is 4.96. The molecule has 2 aromatic rings. The highest BCUT2D eigenvalue weighted by Crippen LogP contribution is 2.73. The lowest BCUT2D eigenvalue weighted by Crippen LogP contribution is -2.72. The van der Waals surface area contributed by atoms with Crippen LogP contribution in [0.2, 0.25) is 0 Å². The summed E-state index contributed by atoms with van der Waals surface area (Å²) in [7, 11) is 0. The molecule has 132 valence electrons. The quantitative estimate of drug-likeness (QED) is 0.796. The average Bonchev–Trinajstić information content (AvgIpc) is 2.96. The molecule has 25 heavy (non-hydrogen) atoms. The Balaban J connectivity index is 1.52. The van der Waals surface area contributed by atoms with E-state index in [1.54, 1.807) is 0 Å². The fourth-order valence-corrected chi connectivity index (χ4v) is 4.96. The minimum Gasteiger partial charge on any atom is -0.271 e. The summed E-state index contributed by atoms with van der Waals surface area (Å²) in [4.78, 5) is 12.8. The number of halogens is 4. The van der Waals surface area contributed by atoms with Crippen LogP contribution in [0.25, 0.3) is 0 Å². The summed E-state index contributed by atoms with van der Waals surface area (Å²) in [5.41, 5.74) is -1.52. The molecule has 3 aliphatic carbocycles. The maximum atomic E-state index is 13.5. The van der Waals surface area contributed by atoms with Crippen LogP contribution in [0.3, 0.4) is 0 Å². The van der Waals surface area contributed by atoms with E-state index in [1.165, 1.54) is 21.4 Å². The Bertz CT molecular complexity index is 908. The predicted octanol–water partition coefficient (Wildman–Crippen LogP) is 3.00. The molecule has 0 radical (unpaired) electrons. The fraction of sp³-hybridized carbons (Fsp3) is 0.529. The van der Waals surface area contributed by atoms with Crippen LogP contribution < -0.4 is 5.69 Å². The van der Waals surface area contributed by atoms with Crippen molar-refractivity contribution in [3.8, 4) is 0 Å². The summed E-state index contributed by atoms with van der Waals surface area (Å²) < 4.78 is 55.9. The van der Waals surface area contributed by atoms with Crippen LogP contribution in [0.15, 0.2) is 23.0 Å². The number of hydrogen-bond acceptors (Lipinski definition) is 2. The SMILES string of the molecule is O=c1n(C23CC(C(F)F)(C2)C3)nc2n1[C@H](c1cc(F)cc(F)c1)CC2. The molecule has 1 aromatic carbocycles. The van der Waals surface area contributed by atoms with Crippen molar-refractivity contribution < 1.29 is 17.6 Å². The second-order valence-corrected chi connectivity index (χ2v) is 7.66. The van der Waals surface area contributed by atoms with Crippen molar-refractivity contribution in [2.24, 2.45) is 5.41 Å². The van der Waals surface area contributed by atoms with Gasteiger partial charge in [0.2, 0.25) is 6.43 Å². The van der Waals surface area contributed by atoms with Crippen LogP contribution in [-0.2, 0) is 12.0 Å². The van der Waals surface area contributed by atoms with Crippen molar-refractivity contribution in [3.05, 3.63) is 51.7 Å². The number of rotatable bonds is 3. The van der Waals surface area contributed by atoms with Gasteiger partial charge in [-0.15, -0.1) is 0 Å². The number of hydrogen-bond donors (Lipinski definition) is 0. The summed E-state index contributed by atoms with van der Waals surface area (Å²) in [6.45, 7) is 0. The standard InChI is InChI=1S/C17H15F4N3O/c18-10-3-9(4-11(19)5-10)12-1-2-13-22-24(15(25)23(12)13)17-6-16(7-17,8-17)14(20)21/h3-5,12,14H,1-2,6-8H2/t12-,16?,17?/m0/s1. The Hall–Kier alpha value is -2.12. The van der Waals surface area contributed by atoms with Gasteiger partial charge in [0.15, 0.2) is 0 Å². The molecular weight excluding hydrogens is 338 g/mol. The van der Waals surface area contributed by atoms with E-state index in [9.17, 15) is 22.4 Å². The second-order valence-electron chi connectivity index (χ2n) is 7.66. The molecule has 0 unspecified atom stereocenters. The van der Waals surface area contributed by atoms with Crippen molar-refractivity contribution >= 4 is 0 Å². The van der Waals surface area contributed by atoms with Crippen LogP contribution in [0.5, 0.6) is 0 Å². The van der Waals surface area contributed by atoms with E-state index >= 15 is 0 Å². The summed E-state index contributed by atoms with van der Waals surface area (Å²) in [5.74, 6) is -0.833. The summed E-state index contributed by atoms with van der Waals surface area (Å²) in [6.07, 6.45) is -0.507. The van der Waals surface area contributed by atoms with E-state index in [0.29, 0.717) is 24.2 Å². The largest absolute Gasteiger partial charge is 0.347 e. The molecule has 6 rings (SSSR count). The molecule has 4 aliphatic rings. The first kappa shape index (κ1) is 15.2. The van der Waals surface area contributed by atoms with E-state index in [4.69, 9.17) is 0 Å². The maximum Gasteiger partial charge on any atom is 0.347 e. The number of benzene rings is 1. The molecule has 8 heteroatoms. The van der Waals surface area contributed by atoms with Crippen LogP contribution in [0, 0.1) is 17.0 Å². The Morgan fingerprint density at radius 1 is 1.12 bits per heavy atom. The third-order valence-corrected chi connectivity index (χ3v) is 6.06. The molecule has 2 heterocycles. The van der Waals surface area contributed by atoms with Gasteiger partial charge in [-0.2, -0.15) is 5.10 Å². The Kier molecular flexibility index (Phi) is 2.75. The van der Waals surface area contributed by atoms with Crippen molar-refractivity contribution in [2.75, 3.05) is 0 Å². The number of nitrogens with zero attached hydrogens (tertiary/aromatic N) is 3. The second kappa shape index (κ2) is 4.53. The first-order chi connectivity index (χ1) is 11.8. The van der Waals surface area contributed by atoms with Gasteiger partial charge in [0.1, 0.15) is 17.5 Å². The molecule has 1 aliphatic heterocycles. The third kappa shape index (κ3) is 1.82. The van der Waals surface area contributed by atoms with Gasteiger partial charge in [0.25, 0.3) is 0 Å². The number of aryl methyl sites for hydroxylation is 1. The Morgan fingerprint density at radius 3 is 2.36 bits per heavy atom. The zero-order valence-electron chi connectivity index (χ0n) is 13.2. The molecular formula is C17H15F4N3O. The van der Waals surface area contributed by atoms with E-state index in [-0.39, 0.29) is 25.0 Å². The topological polar surface area (TPSA) is 39.8 Å². The highest BCUT2D eigenvalue weighted by molar-refractivity contribution is 5.26. The van der Waals surface area contributed by atoms with Crippen LogP contribution in [0.4, 0.5) is 17.6 Å². The minimum absolute atomic E-state index is 0.271. The Morgan fingerprint density at radius 2 is 1.76 bits per heavy atom. The van der Waals surface area contributed by atoms with Gasteiger partial charge in [-0.1, -0.05) is 0 Å². The van der Waals surface area contributed by atoms with Gasteiger partial charge >= 0.3 is 5.69 Å². The van der Waals surface area contributed by atoms with Gasteiger partial charge < -0.3 is 0 Å². The summed E-state index contributed by atoms with van der Waals surface area (Å²) >= 11 is 0. The van der Waals surface area contributed by atoms with Gasteiger partial charge in [0.05, 0.1) is 11.6 Å². The number of aromatic nitrogens is 3. The smallest absolute Gasteiger partial charge is 0.271 e. The van der Waals surface area contributed by atoms with E-state index in [1.807, 2.05) is 0 Å². The third-order valence-electron chi connectivity index (χ3n) is 6.06. The van der Waals surface area contributed by atoms with Crippen LogP contribution in [0.1, 0.15) is 43.1 Å². The zero-order valence-corrected chi connectivity index (χ0v) is 13.2. The molecule has 0 spiro atoms. The lowest BCUT2D eigenvalue weighted by Gasteiger charge is -2.68. The summed E-state index contributed by atoms with van der Waals surface area (Å²) in [6, 6.07) is 2.76. The van der Waals surface area contributed by atoms with Crippen molar-refractivity contribution in [1.29, 1.82) is 0 Å². The predicted molar refractivity (Wildman–Crippen MR) is 79.6 cm³/mol. The van der Waals surface area contributed by atoms with Gasteiger partial charge in [-0.3, -0.25) is 4.57 Å². The Labute approximate surface area is 140 Å². The van der Waals surface area contributed by atoms with E-state index in [0.717, 1.165) is 6.07 Å². The van der Waals surface area contributed by atoms with Crippen LogP contribution >= 0.6 is 0 Å². The zero-order chi connectivity index (χ0) is 17.6. The maximum absolute atomic E-state index is 13.5. The highest BCUT2D eigenvalue weighted by atomic mass is 19.3. The van der Waals surface area contributed by atoms with Crippen molar-refractivity contribution in [3.63, 3.8) is 0 Å². The lowest BCUT2D eigenvalue weighted by molar-refractivity contribution is -0.258. The number of alkyl halides is 2. The van der Waals surface area contributed by atoms with Crippen LogP contribution in [-0.4, -0.2) is 20.8 Å². The molecule has 3 saturated carbocycles. The highest BCUT2D eigenvalue weighted by Gasteiger charge is 2.74. The average molecular weight is 353 g/mol. The molecule has 1 aromatic heterocycles. The van der Waals surface area contributed by atoms with Gasteiger partial charge in [0, 0.05) is 17.9 Å². The normalized spacial score (nSPS) is 32.4. The number of fused-ring (bicyclic) bond motifs is 1. The van der Waals surface area contributed by atoms with Gasteiger partial charge in [-0.25, -0.2) is 27.0 Å². The van der Waals surface area contributed by atoms with E-state index < -0.39 is 35.1 Å². The minimum atomic E-state index is -2.37. The van der Waals surface area contributed by atoms with Crippen molar-refractivity contribution in [1.82, 2.24) is 14.3 Å². The van der Waals surface area contributed by atoms with Gasteiger partial charge in [-0.05, 0) is 43.4 Å². The monoisotopic (exact) mass is 353 g/mol. The molecule has 0 N–H and O–H groups in total.